The van der Waals surface area contributed by atoms with Gasteiger partial charge in [-0.3, -0.25) is 14.2 Å². The number of unbranched alkanes of at least 4 members (excludes halogenated alkanes) is 2. The lowest BCUT2D eigenvalue weighted by molar-refractivity contribution is -0.122. The maximum atomic E-state index is 13.1. The van der Waals surface area contributed by atoms with Gasteiger partial charge in [0.2, 0.25) is 5.91 Å². The number of amides is 1. The van der Waals surface area contributed by atoms with Gasteiger partial charge in [-0.25, -0.2) is 14.3 Å². The van der Waals surface area contributed by atoms with Gasteiger partial charge in [0, 0.05) is 13.1 Å². The SMILES string of the molecule is CCCCn1cnc2c1c(=O)n(CC(=O)NCc1ccco1)c(=O)n2CCCC. The van der Waals surface area contributed by atoms with E-state index < -0.39 is 17.2 Å². The molecule has 0 spiro atoms. The zero-order valence-corrected chi connectivity index (χ0v) is 16.9. The average molecular weight is 401 g/mol. The number of aryl methyl sites for hydroxylation is 2. The first-order chi connectivity index (χ1) is 14.1. The molecule has 9 nitrogen and oxygen atoms in total. The largest absolute Gasteiger partial charge is 0.467 e. The average Bonchev–Trinajstić information content (AvgIpc) is 3.38. The molecule has 0 fully saturated rings. The zero-order valence-electron chi connectivity index (χ0n) is 16.9. The summed E-state index contributed by atoms with van der Waals surface area (Å²) in [6, 6.07) is 3.46. The highest BCUT2D eigenvalue weighted by Gasteiger charge is 2.19. The zero-order chi connectivity index (χ0) is 20.8. The molecule has 3 rings (SSSR count). The van der Waals surface area contributed by atoms with Gasteiger partial charge in [-0.15, -0.1) is 0 Å². The number of furan rings is 1. The number of nitrogens with one attached hydrogen (secondary N) is 1. The van der Waals surface area contributed by atoms with E-state index in [1.165, 1.54) is 10.8 Å². The second kappa shape index (κ2) is 9.40. The number of fused-ring (bicyclic) bond motifs is 1. The van der Waals surface area contributed by atoms with E-state index in [-0.39, 0.29) is 13.1 Å². The van der Waals surface area contributed by atoms with E-state index in [4.69, 9.17) is 4.42 Å². The topological polar surface area (TPSA) is 104 Å². The van der Waals surface area contributed by atoms with Crippen molar-refractivity contribution in [2.45, 2.75) is 65.7 Å². The molecule has 0 aromatic carbocycles. The van der Waals surface area contributed by atoms with Crippen molar-refractivity contribution >= 4 is 17.1 Å². The minimum absolute atomic E-state index is 0.196. The number of imidazole rings is 1. The molecule has 3 heterocycles. The van der Waals surface area contributed by atoms with Crippen molar-refractivity contribution in [1.82, 2.24) is 24.0 Å². The first kappa shape index (κ1) is 20.6. The summed E-state index contributed by atoms with van der Waals surface area (Å²) in [5.41, 5.74) is -0.242. The Labute approximate surface area is 168 Å². The van der Waals surface area contributed by atoms with Crippen LogP contribution in [0.15, 0.2) is 38.7 Å². The van der Waals surface area contributed by atoms with Crippen LogP contribution in [0, 0.1) is 0 Å². The fraction of sp³-hybridized carbons (Fsp3) is 0.500. The molecule has 0 unspecified atom stereocenters. The van der Waals surface area contributed by atoms with E-state index in [2.05, 4.69) is 17.2 Å². The number of rotatable bonds is 10. The van der Waals surface area contributed by atoms with Crippen molar-refractivity contribution in [1.29, 1.82) is 0 Å². The second-order valence-electron chi connectivity index (χ2n) is 7.00. The van der Waals surface area contributed by atoms with E-state index in [9.17, 15) is 14.4 Å². The minimum Gasteiger partial charge on any atom is -0.467 e. The first-order valence-corrected chi connectivity index (χ1v) is 10.0. The number of hydrogen-bond acceptors (Lipinski definition) is 5. The van der Waals surface area contributed by atoms with E-state index in [1.54, 1.807) is 23.0 Å². The van der Waals surface area contributed by atoms with Crippen molar-refractivity contribution in [2.75, 3.05) is 0 Å². The third-order valence-corrected chi connectivity index (χ3v) is 4.81. The van der Waals surface area contributed by atoms with Gasteiger partial charge in [-0.1, -0.05) is 26.7 Å². The Balaban J connectivity index is 1.96. The molecule has 156 valence electrons. The van der Waals surface area contributed by atoms with Crippen molar-refractivity contribution in [3.05, 3.63) is 51.3 Å². The van der Waals surface area contributed by atoms with Crippen LogP contribution >= 0.6 is 0 Å². The van der Waals surface area contributed by atoms with E-state index in [1.807, 2.05) is 6.92 Å². The molecule has 0 atom stereocenters. The highest BCUT2D eigenvalue weighted by atomic mass is 16.3. The number of hydrogen-bond donors (Lipinski definition) is 1. The Morgan fingerprint density at radius 3 is 2.59 bits per heavy atom. The van der Waals surface area contributed by atoms with Crippen LogP contribution < -0.4 is 16.6 Å². The van der Waals surface area contributed by atoms with Crippen LogP contribution in [0.4, 0.5) is 0 Å². The fourth-order valence-corrected chi connectivity index (χ4v) is 3.19. The molecule has 0 radical (unpaired) electrons. The normalized spacial score (nSPS) is 11.2. The molecule has 1 N–H and O–H groups in total. The van der Waals surface area contributed by atoms with Gasteiger partial charge in [0.05, 0.1) is 19.1 Å². The molecule has 29 heavy (non-hydrogen) atoms. The van der Waals surface area contributed by atoms with Crippen molar-refractivity contribution in [3.63, 3.8) is 0 Å². The smallest absolute Gasteiger partial charge is 0.333 e. The minimum atomic E-state index is -0.509. The highest BCUT2D eigenvalue weighted by Crippen LogP contribution is 2.09. The summed E-state index contributed by atoms with van der Waals surface area (Å²) in [7, 11) is 0. The predicted molar refractivity (Wildman–Crippen MR) is 109 cm³/mol. The Kier molecular flexibility index (Phi) is 6.69. The number of carbonyl (C=O) groups excluding carboxylic acids is 1. The van der Waals surface area contributed by atoms with Gasteiger partial charge in [0.15, 0.2) is 11.2 Å². The van der Waals surface area contributed by atoms with Gasteiger partial charge in [0.1, 0.15) is 12.3 Å². The summed E-state index contributed by atoms with van der Waals surface area (Å²) < 4.78 is 9.46. The summed E-state index contributed by atoms with van der Waals surface area (Å²) >= 11 is 0. The highest BCUT2D eigenvalue weighted by molar-refractivity contribution is 5.76. The third-order valence-electron chi connectivity index (χ3n) is 4.81. The third kappa shape index (κ3) is 4.49. The number of nitrogens with zero attached hydrogens (tertiary/aromatic N) is 4. The predicted octanol–water partition coefficient (Wildman–Crippen LogP) is 1.87. The molecule has 0 bridgehead atoms. The lowest BCUT2D eigenvalue weighted by Crippen LogP contribution is -2.44. The maximum Gasteiger partial charge on any atom is 0.333 e. The summed E-state index contributed by atoms with van der Waals surface area (Å²) in [5, 5.41) is 2.68. The van der Waals surface area contributed by atoms with Crippen LogP contribution in [0.5, 0.6) is 0 Å². The van der Waals surface area contributed by atoms with Crippen LogP contribution in [0.1, 0.15) is 45.3 Å². The molecule has 1 amide bonds. The Bertz CT molecular complexity index is 1070. The van der Waals surface area contributed by atoms with Crippen molar-refractivity contribution in [3.8, 4) is 0 Å². The van der Waals surface area contributed by atoms with E-state index in [0.29, 0.717) is 30.0 Å². The van der Waals surface area contributed by atoms with Crippen LogP contribution in [0.25, 0.3) is 11.2 Å². The quantitative estimate of drug-likeness (QED) is 0.558. The summed E-state index contributed by atoms with van der Waals surface area (Å²) in [6.45, 7) is 5.03. The van der Waals surface area contributed by atoms with Crippen LogP contribution in [-0.4, -0.2) is 24.6 Å². The molecule has 0 saturated carbocycles. The fourth-order valence-electron chi connectivity index (χ4n) is 3.19. The molecule has 9 heteroatoms. The molecule has 0 saturated heterocycles. The molecule has 0 aliphatic heterocycles. The molecule has 0 aliphatic rings. The molecular weight excluding hydrogens is 374 g/mol. The number of carbonyl (C=O) groups is 1. The molecule has 3 aromatic heterocycles. The lowest BCUT2D eigenvalue weighted by atomic mass is 10.3. The Hall–Kier alpha value is -3.10. The van der Waals surface area contributed by atoms with E-state index >= 15 is 0 Å². The molecule has 3 aromatic rings. The number of aromatic nitrogens is 4. The second-order valence-corrected chi connectivity index (χ2v) is 7.00. The van der Waals surface area contributed by atoms with Gasteiger partial charge in [-0.05, 0) is 25.0 Å². The van der Waals surface area contributed by atoms with Gasteiger partial charge in [-0.2, -0.15) is 0 Å². The van der Waals surface area contributed by atoms with Gasteiger partial charge in [0.25, 0.3) is 5.56 Å². The van der Waals surface area contributed by atoms with Crippen LogP contribution in [0.3, 0.4) is 0 Å². The molecule has 0 aliphatic carbocycles. The summed E-state index contributed by atoms with van der Waals surface area (Å²) in [6.07, 6.45) is 6.66. The first-order valence-electron chi connectivity index (χ1n) is 10.0. The standard InChI is InChI=1S/C20H27N5O4/c1-3-5-9-23-14-22-18-17(23)19(27)25(20(28)24(18)10-6-4-2)13-16(26)21-12-15-8-7-11-29-15/h7-8,11,14H,3-6,9-10,12-13H2,1-2H3,(H,21,26). The Morgan fingerprint density at radius 1 is 1.14 bits per heavy atom. The van der Waals surface area contributed by atoms with Gasteiger partial charge < -0.3 is 14.3 Å². The van der Waals surface area contributed by atoms with Crippen LogP contribution in [-0.2, 0) is 31.0 Å². The van der Waals surface area contributed by atoms with Crippen LogP contribution in [0.2, 0.25) is 0 Å². The van der Waals surface area contributed by atoms with Crippen molar-refractivity contribution < 1.29 is 9.21 Å². The summed E-state index contributed by atoms with van der Waals surface area (Å²) in [4.78, 5) is 42.8. The van der Waals surface area contributed by atoms with Crippen molar-refractivity contribution in [2.24, 2.45) is 0 Å². The van der Waals surface area contributed by atoms with E-state index in [0.717, 1.165) is 30.3 Å². The lowest BCUT2D eigenvalue weighted by Gasteiger charge is -2.12. The van der Waals surface area contributed by atoms with Gasteiger partial charge >= 0.3 is 5.69 Å². The monoisotopic (exact) mass is 401 g/mol. The maximum absolute atomic E-state index is 13.1. The Morgan fingerprint density at radius 2 is 1.90 bits per heavy atom. The molecular formula is C20H27N5O4. The summed E-state index contributed by atoms with van der Waals surface area (Å²) in [5.74, 6) is 0.167.